The van der Waals surface area contributed by atoms with E-state index in [0.29, 0.717) is 17.5 Å². The van der Waals surface area contributed by atoms with E-state index in [2.05, 4.69) is 89.9 Å². The van der Waals surface area contributed by atoms with Crippen LogP contribution in [-0.2, 0) is 0 Å². The van der Waals surface area contributed by atoms with Crippen LogP contribution in [0.2, 0.25) is 0 Å². The molecule has 0 aliphatic rings. The molecule has 4 aromatic heterocycles. The van der Waals surface area contributed by atoms with Gasteiger partial charge in [0.25, 0.3) is 0 Å². The Morgan fingerprint density at radius 1 is 0.423 bits per heavy atom. The van der Waals surface area contributed by atoms with Crippen LogP contribution in [0.15, 0.2) is 162 Å². The maximum absolute atomic E-state index is 6.25. The first kappa shape index (κ1) is 29.0. The molecular formula is C46H26N4OS. The predicted octanol–water partition coefficient (Wildman–Crippen LogP) is 12.5. The lowest BCUT2D eigenvalue weighted by atomic mass is 9.93. The number of hydrogen-bond acceptors (Lipinski definition) is 6. The van der Waals surface area contributed by atoms with Gasteiger partial charge < -0.3 is 4.42 Å². The highest BCUT2D eigenvalue weighted by Gasteiger charge is 2.19. The number of fused-ring (bicyclic) bond motifs is 9. The van der Waals surface area contributed by atoms with Crippen LogP contribution in [0.3, 0.4) is 0 Å². The summed E-state index contributed by atoms with van der Waals surface area (Å²) >= 11 is 1.76. The van der Waals surface area contributed by atoms with Gasteiger partial charge in [-0.25, -0.2) is 19.9 Å². The molecule has 7 aromatic carbocycles. The quantitative estimate of drug-likeness (QED) is 0.185. The number of para-hydroxylation sites is 1. The number of benzene rings is 7. The normalized spacial score (nSPS) is 11.8. The van der Waals surface area contributed by atoms with Gasteiger partial charge in [-0.2, -0.15) is 0 Å². The van der Waals surface area contributed by atoms with Crippen LogP contribution in [0.25, 0.3) is 109 Å². The molecule has 11 rings (SSSR count). The summed E-state index contributed by atoms with van der Waals surface area (Å²) in [4.78, 5) is 21.1. The Morgan fingerprint density at radius 3 is 2.00 bits per heavy atom. The van der Waals surface area contributed by atoms with Crippen LogP contribution in [0.4, 0.5) is 0 Å². The summed E-state index contributed by atoms with van der Waals surface area (Å²) in [5.74, 6) is 1.84. The molecule has 0 radical (unpaired) electrons. The van der Waals surface area contributed by atoms with Crippen LogP contribution < -0.4 is 0 Å². The molecule has 242 valence electrons. The second-order valence-corrected chi connectivity index (χ2v) is 14.0. The first-order valence-electron chi connectivity index (χ1n) is 17.2. The molecule has 0 aliphatic carbocycles. The standard InChI is InChI=1S/C46H26N4OS/c1-2-10-28(11-3-1)43-48-44(50-45(49-43)37-15-8-18-40-41(37)36-14-6-7-17-39(36)51-40)34-24-23-30(31-12-4-5-13-32(31)34)29-20-19-27-21-22-33-35-16-9-25-47-46(35)52-42(33)38(27)26-29/h1-26H. The Labute approximate surface area is 301 Å². The van der Waals surface area contributed by atoms with Crippen molar-refractivity contribution in [1.29, 1.82) is 0 Å². The predicted molar refractivity (Wildman–Crippen MR) is 215 cm³/mol. The average molecular weight is 683 g/mol. The Kier molecular flexibility index (Phi) is 6.35. The van der Waals surface area contributed by atoms with Crippen molar-refractivity contribution in [3.63, 3.8) is 0 Å². The van der Waals surface area contributed by atoms with Crippen molar-refractivity contribution in [2.75, 3.05) is 0 Å². The summed E-state index contributed by atoms with van der Waals surface area (Å²) in [6.45, 7) is 0. The van der Waals surface area contributed by atoms with Gasteiger partial charge in [0, 0.05) is 54.5 Å². The van der Waals surface area contributed by atoms with Crippen LogP contribution in [0.1, 0.15) is 0 Å². The summed E-state index contributed by atoms with van der Waals surface area (Å²) in [6.07, 6.45) is 1.87. The second kappa shape index (κ2) is 11.4. The number of thiophene rings is 1. The van der Waals surface area contributed by atoms with E-state index in [1.54, 1.807) is 11.3 Å². The third-order valence-electron chi connectivity index (χ3n) is 10.0. The number of furan rings is 1. The second-order valence-electron chi connectivity index (χ2n) is 13.0. The summed E-state index contributed by atoms with van der Waals surface area (Å²) in [6, 6.07) is 52.6. The van der Waals surface area contributed by atoms with Gasteiger partial charge in [-0.3, -0.25) is 0 Å². The molecule has 11 aromatic rings. The molecular weight excluding hydrogens is 657 g/mol. The van der Waals surface area contributed by atoms with Gasteiger partial charge in [-0.1, -0.05) is 115 Å². The van der Waals surface area contributed by atoms with E-state index in [1.807, 2.05) is 72.9 Å². The third kappa shape index (κ3) is 4.48. The van der Waals surface area contributed by atoms with Crippen LogP contribution in [0.5, 0.6) is 0 Å². The summed E-state index contributed by atoms with van der Waals surface area (Å²) in [5.41, 5.74) is 6.74. The molecule has 0 unspecified atom stereocenters. The molecule has 0 bridgehead atoms. The van der Waals surface area contributed by atoms with Crippen molar-refractivity contribution in [1.82, 2.24) is 19.9 Å². The van der Waals surface area contributed by atoms with Crippen LogP contribution in [0, 0.1) is 0 Å². The monoisotopic (exact) mass is 682 g/mol. The molecule has 6 heteroatoms. The molecule has 0 atom stereocenters. The maximum atomic E-state index is 6.25. The zero-order chi connectivity index (χ0) is 34.2. The molecule has 0 N–H and O–H groups in total. The fourth-order valence-corrected chi connectivity index (χ4v) is 8.77. The molecule has 0 saturated heterocycles. The Balaban J connectivity index is 1.12. The number of rotatable bonds is 4. The minimum Gasteiger partial charge on any atom is -0.456 e. The summed E-state index contributed by atoms with van der Waals surface area (Å²) in [7, 11) is 0. The molecule has 0 spiro atoms. The van der Waals surface area contributed by atoms with Gasteiger partial charge >= 0.3 is 0 Å². The van der Waals surface area contributed by atoms with Crippen LogP contribution in [-0.4, -0.2) is 19.9 Å². The summed E-state index contributed by atoms with van der Waals surface area (Å²) in [5, 5.41) is 9.14. The highest BCUT2D eigenvalue weighted by atomic mass is 32.1. The van der Waals surface area contributed by atoms with E-state index in [4.69, 9.17) is 19.4 Å². The Bertz CT molecular complexity index is 3200. The van der Waals surface area contributed by atoms with Crippen molar-refractivity contribution in [3.05, 3.63) is 158 Å². The first-order valence-corrected chi connectivity index (χ1v) is 18.0. The van der Waals surface area contributed by atoms with E-state index in [1.165, 1.54) is 26.2 Å². The minimum atomic E-state index is 0.602. The van der Waals surface area contributed by atoms with Crippen molar-refractivity contribution in [2.45, 2.75) is 0 Å². The number of hydrogen-bond donors (Lipinski definition) is 0. The lowest BCUT2D eigenvalue weighted by Gasteiger charge is -2.14. The van der Waals surface area contributed by atoms with Crippen molar-refractivity contribution >= 4 is 75.1 Å². The van der Waals surface area contributed by atoms with E-state index in [0.717, 1.165) is 65.4 Å². The fourth-order valence-electron chi connectivity index (χ4n) is 7.60. The van der Waals surface area contributed by atoms with E-state index in [9.17, 15) is 0 Å². The first-order chi connectivity index (χ1) is 25.8. The molecule has 52 heavy (non-hydrogen) atoms. The SMILES string of the molecule is c1ccc(-c2nc(-c3ccc(-c4ccc5ccc6c7cccnc7sc6c5c4)c4ccccc34)nc(-c3cccc4oc5ccccc5c34)n2)cc1. The molecule has 0 aliphatic heterocycles. The Morgan fingerprint density at radius 2 is 1.12 bits per heavy atom. The smallest absolute Gasteiger partial charge is 0.164 e. The molecule has 5 nitrogen and oxygen atoms in total. The maximum Gasteiger partial charge on any atom is 0.164 e. The number of nitrogens with zero attached hydrogens (tertiary/aromatic N) is 4. The zero-order valence-electron chi connectivity index (χ0n) is 27.6. The third-order valence-corrected chi connectivity index (χ3v) is 11.2. The molecule has 4 heterocycles. The largest absolute Gasteiger partial charge is 0.456 e. The fraction of sp³-hybridized carbons (Fsp3) is 0. The van der Waals surface area contributed by atoms with E-state index in [-0.39, 0.29) is 0 Å². The van der Waals surface area contributed by atoms with Crippen LogP contribution >= 0.6 is 11.3 Å². The Hall–Kier alpha value is -6.76. The average Bonchev–Trinajstić information content (AvgIpc) is 3.79. The van der Waals surface area contributed by atoms with Crippen molar-refractivity contribution in [2.24, 2.45) is 0 Å². The van der Waals surface area contributed by atoms with Crippen molar-refractivity contribution in [3.8, 4) is 45.3 Å². The van der Waals surface area contributed by atoms with E-state index >= 15 is 0 Å². The van der Waals surface area contributed by atoms with Gasteiger partial charge in [-0.15, -0.1) is 11.3 Å². The summed E-state index contributed by atoms with van der Waals surface area (Å²) < 4.78 is 7.51. The van der Waals surface area contributed by atoms with Gasteiger partial charge in [0.15, 0.2) is 17.5 Å². The van der Waals surface area contributed by atoms with Gasteiger partial charge in [0.2, 0.25) is 0 Å². The highest BCUT2D eigenvalue weighted by molar-refractivity contribution is 7.26. The number of pyridine rings is 1. The topological polar surface area (TPSA) is 64.7 Å². The molecule has 0 saturated carbocycles. The van der Waals surface area contributed by atoms with Gasteiger partial charge in [0.05, 0.1) is 0 Å². The van der Waals surface area contributed by atoms with Gasteiger partial charge in [0.1, 0.15) is 16.0 Å². The number of aromatic nitrogens is 4. The zero-order valence-corrected chi connectivity index (χ0v) is 28.4. The van der Waals surface area contributed by atoms with E-state index < -0.39 is 0 Å². The molecule has 0 fully saturated rings. The lowest BCUT2D eigenvalue weighted by molar-refractivity contribution is 0.669. The minimum absolute atomic E-state index is 0.602. The van der Waals surface area contributed by atoms with Gasteiger partial charge in [-0.05, 0) is 63.7 Å². The lowest BCUT2D eigenvalue weighted by Crippen LogP contribution is -2.01. The molecule has 0 amide bonds. The van der Waals surface area contributed by atoms with Crippen molar-refractivity contribution < 1.29 is 4.42 Å². The highest BCUT2D eigenvalue weighted by Crippen LogP contribution is 2.42.